The van der Waals surface area contributed by atoms with E-state index < -0.39 is 0 Å². The number of hydrogen-bond acceptors (Lipinski definition) is 2. The SMILES string of the molecule is Cn1c(=O)cc(C(=O)NCCC2=CCCCC2)c2ccccc21. The zero-order chi connectivity index (χ0) is 16.2. The molecule has 0 saturated carbocycles. The molecule has 1 amide bonds. The van der Waals surface area contributed by atoms with Crippen LogP contribution in [0.5, 0.6) is 0 Å². The van der Waals surface area contributed by atoms with Crippen molar-refractivity contribution in [3.8, 4) is 0 Å². The minimum absolute atomic E-state index is 0.163. The highest BCUT2D eigenvalue weighted by Crippen LogP contribution is 2.20. The number of hydrogen-bond donors (Lipinski definition) is 1. The number of carbonyl (C=O) groups excluding carboxylic acids is 1. The lowest BCUT2D eigenvalue weighted by Gasteiger charge is -2.14. The number of benzene rings is 1. The minimum Gasteiger partial charge on any atom is -0.352 e. The average molecular weight is 310 g/mol. The van der Waals surface area contributed by atoms with Crippen LogP contribution in [0.2, 0.25) is 0 Å². The van der Waals surface area contributed by atoms with Crippen molar-refractivity contribution in [2.45, 2.75) is 32.1 Å². The summed E-state index contributed by atoms with van der Waals surface area (Å²) < 4.78 is 1.57. The summed E-state index contributed by atoms with van der Waals surface area (Å²) in [5.74, 6) is -0.171. The molecule has 3 rings (SSSR count). The third kappa shape index (κ3) is 3.36. The first-order valence-corrected chi connectivity index (χ1v) is 8.21. The van der Waals surface area contributed by atoms with E-state index >= 15 is 0 Å². The highest BCUT2D eigenvalue weighted by Gasteiger charge is 2.13. The van der Waals surface area contributed by atoms with Crippen LogP contribution in [0.15, 0.2) is 46.8 Å². The number of para-hydroxylation sites is 1. The first kappa shape index (κ1) is 15.5. The second kappa shape index (κ2) is 6.82. The molecule has 120 valence electrons. The van der Waals surface area contributed by atoms with Crippen LogP contribution in [0.3, 0.4) is 0 Å². The Bertz CT molecular complexity index is 818. The lowest BCUT2D eigenvalue weighted by molar-refractivity contribution is 0.0955. The number of allylic oxidation sites excluding steroid dienone is 1. The maximum absolute atomic E-state index is 12.5. The van der Waals surface area contributed by atoms with Crippen LogP contribution in [-0.2, 0) is 7.05 Å². The fourth-order valence-corrected chi connectivity index (χ4v) is 3.16. The van der Waals surface area contributed by atoms with Gasteiger partial charge in [-0.25, -0.2) is 0 Å². The van der Waals surface area contributed by atoms with Gasteiger partial charge in [-0.3, -0.25) is 9.59 Å². The van der Waals surface area contributed by atoms with Crippen molar-refractivity contribution in [1.29, 1.82) is 0 Å². The summed E-state index contributed by atoms with van der Waals surface area (Å²) >= 11 is 0. The summed E-state index contributed by atoms with van der Waals surface area (Å²) in [5.41, 5.74) is 2.51. The van der Waals surface area contributed by atoms with Crippen LogP contribution in [0.25, 0.3) is 10.9 Å². The number of amides is 1. The fraction of sp³-hybridized carbons (Fsp3) is 0.368. The smallest absolute Gasteiger partial charge is 0.252 e. The molecule has 0 radical (unpaired) electrons. The van der Waals surface area contributed by atoms with E-state index in [1.165, 1.54) is 24.5 Å². The normalized spacial score (nSPS) is 14.6. The molecule has 1 aliphatic rings. The van der Waals surface area contributed by atoms with Gasteiger partial charge in [-0.2, -0.15) is 0 Å². The average Bonchev–Trinajstić information content (AvgIpc) is 2.59. The molecule has 1 N–H and O–H groups in total. The van der Waals surface area contributed by atoms with Gasteiger partial charge in [0, 0.05) is 25.0 Å². The molecule has 0 spiro atoms. The van der Waals surface area contributed by atoms with Crippen molar-refractivity contribution in [3.05, 3.63) is 57.9 Å². The van der Waals surface area contributed by atoms with E-state index in [4.69, 9.17) is 0 Å². The number of aryl methyl sites for hydroxylation is 1. The second-order valence-corrected chi connectivity index (χ2v) is 6.09. The second-order valence-electron chi connectivity index (χ2n) is 6.09. The van der Waals surface area contributed by atoms with Crippen LogP contribution < -0.4 is 10.9 Å². The Kier molecular flexibility index (Phi) is 4.60. The number of nitrogens with one attached hydrogen (secondary N) is 1. The molecule has 1 aromatic heterocycles. The number of aromatic nitrogens is 1. The van der Waals surface area contributed by atoms with Gasteiger partial charge in [-0.15, -0.1) is 0 Å². The van der Waals surface area contributed by atoms with Crippen LogP contribution in [0.1, 0.15) is 42.5 Å². The maximum atomic E-state index is 12.5. The van der Waals surface area contributed by atoms with Gasteiger partial charge in [0.25, 0.3) is 11.5 Å². The lowest BCUT2D eigenvalue weighted by Crippen LogP contribution is -2.28. The highest BCUT2D eigenvalue weighted by atomic mass is 16.2. The molecule has 0 fully saturated rings. The molecular weight excluding hydrogens is 288 g/mol. The molecule has 0 aliphatic heterocycles. The molecule has 2 aromatic rings. The van der Waals surface area contributed by atoms with Crippen LogP contribution in [0.4, 0.5) is 0 Å². The van der Waals surface area contributed by atoms with Crippen LogP contribution in [-0.4, -0.2) is 17.0 Å². The van der Waals surface area contributed by atoms with Gasteiger partial charge in [0.05, 0.1) is 11.1 Å². The minimum atomic E-state index is -0.171. The predicted molar refractivity (Wildman–Crippen MR) is 92.7 cm³/mol. The van der Waals surface area contributed by atoms with E-state index in [0.29, 0.717) is 12.1 Å². The van der Waals surface area contributed by atoms with E-state index in [2.05, 4.69) is 11.4 Å². The molecule has 1 heterocycles. The van der Waals surface area contributed by atoms with E-state index in [1.807, 2.05) is 24.3 Å². The summed E-state index contributed by atoms with van der Waals surface area (Å²) in [7, 11) is 1.72. The molecule has 0 atom stereocenters. The monoisotopic (exact) mass is 310 g/mol. The van der Waals surface area contributed by atoms with Gasteiger partial charge in [-0.05, 0) is 38.2 Å². The third-order valence-corrected chi connectivity index (χ3v) is 4.52. The first-order valence-electron chi connectivity index (χ1n) is 8.21. The summed E-state index contributed by atoms with van der Waals surface area (Å²) in [6.07, 6.45) is 8.01. The fourth-order valence-electron chi connectivity index (χ4n) is 3.16. The molecule has 4 nitrogen and oxygen atoms in total. The van der Waals surface area contributed by atoms with Crippen molar-refractivity contribution < 1.29 is 4.79 Å². The summed E-state index contributed by atoms with van der Waals surface area (Å²) in [6, 6.07) is 8.93. The van der Waals surface area contributed by atoms with Gasteiger partial charge < -0.3 is 9.88 Å². The standard InChI is InChI=1S/C19H22N2O2/c1-21-17-10-6-5-9-15(17)16(13-18(21)22)19(23)20-12-11-14-7-3-2-4-8-14/h5-7,9-10,13H,2-4,8,11-12H2,1H3,(H,20,23). The van der Waals surface area contributed by atoms with Gasteiger partial charge in [-0.1, -0.05) is 29.8 Å². The van der Waals surface area contributed by atoms with Crippen molar-refractivity contribution in [2.24, 2.45) is 7.05 Å². The van der Waals surface area contributed by atoms with Crippen molar-refractivity contribution in [3.63, 3.8) is 0 Å². The van der Waals surface area contributed by atoms with E-state index in [-0.39, 0.29) is 11.5 Å². The number of carbonyl (C=O) groups is 1. The van der Waals surface area contributed by atoms with E-state index in [0.717, 1.165) is 30.2 Å². The van der Waals surface area contributed by atoms with Crippen LogP contribution >= 0.6 is 0 Å². The molecule has 4 heteroatoms. The van der Waals surface area contributed by atoms with E-state index in [9.17, 15) is 9.59 Å². The Balaban J connectivity index is 1.77. The molecule has 23 heavy (non-hydrogen) atoms. The van der Waals surface area contributed by atoms with Crippen LogP contribution in [0, 0.1) is 0 Å². The molecule has 1 aromatic carbocycles. The summed E-state index contributed by atoms with van der Waals surface area (Å²) in [4.78, 5) is 24.5. The highest BCUT2D eigenvalue weighted by molar-refractivity contribution is 6.06. The number of pyridine rings is 1. The van der Waals surface area contributed by atoms with Gasteiger partial charge in [0.15, 0.2) is 0 Å². The predicted octanol–water partition coefficient (Wildman–Crippen LogP) is 3.16. The maximum Gasteiger partial charge on any atom is 0.252 e. The van der Waals surface area contributed by atoms with E-state index in [1.54, 1.807) is 11.6 Å². The Hall–Kier alpha value is -2.36. The largest absolute Gasteiger partial charge is 0.352 e. The van der Waals surface area contributed by atoms with Crippen molar-refractivity contribution in [1.82, 2.24) is 9.88 Å². The number of nitrogens with zero attached hydrogens (tertiary/aromatic N) is 1. The Morgan fingerprint density at radius 2 is 2.09 bits per heavy atom. The molecular formula is C19H22N2O2. The first-order chi connectivity index (χ1) is 11.2. The molecule has 0 bridgehead atoms. The Morgan fingerprint density at radius 1 is 1.26 bits per heavy atom. The van der Waals surface area contributed by atoms with Gasteiger partial charge in [0.1, 0.15) is 0 Å². The molecule has 0 saturated heterocycles. The Labute approximate surface area is 135 Å². The topological polar surface area (TPSA) is 51.1 Å². The van der Waals surface area contributed by atoms with Gasteiger partial charge >= 0.3 is 0 Å². The summed E-state index contributed by atoms with van der Waals surface area (Å²) in [6.45, 7) is 0.619. The van der Waals surface area contributed by atoms with Crippen molar-refractivity contribution in [2.75, 3.05) is 6.54 Å². The number of fused-ring (bicyclic) bond motifs is 1. The number of rotatable bonds is 4. The third-order valence-electron chi connectivity index (χ3n) is 4.52. The zero-order valence-electron chi connectivity index (χ0n) is 13.5. The summed E-state index contributed by atoms with van der Waals surface area (Å²) in [5, 5.41) is 3.77. The molecule has 1 aliphatic carbocycles. The van der Waals surface area contributed by atoms with Gasteiger partial charge in [0.2, 0.25) is 0 Å². The molecule has 0 unspecified atom stereocenters. The van der Waals surface area contributed by atoms with Crippen molar-refractivity contribution >= 4 is 16.8 Å². The Morgan fingerprint density at radius 3 is 2.87 bits per heavy atom. The lowest BCUT2D eigenvalue weighted by atomic mass is 9.97. The zero-order valence-corrected chi connectivity index (χ0v) is 13.5. The quantitative estimate of drug-likeness (QED) is 0.882.